The number of aromatic nitrogens is 4. The fourth-order valence-electron chi connectivity index (χ4n) is 7.44. The molecule has 4 heterocycles. The van der Waals surface area contributed by atoms with Crippen molar-refractivity contribution in [2.45, 2.75) is 36.5 Å². The summed E-state index contributed by atoms with van der Waals surface area (Å²) in [6.45, 7) is -0.0335. The Kier molecular flexibility index (Phi) is 7.48. The second-order valence-electron chi connectivity index (χ2n) is 11.9. The zero-order valence-electron chi connectivity index (χ0n) is 25.5. The van der Waals surface area contributed by atoms with Crippen molar-refractivity contribution in [1.29, 1.82) is 0 Å². The number of hydrazine groups is 1. The van der Waals surface area contributed by atoms with Crippen LogP contribution >= 0.6 is 23.2 Å². The number of imide groups is 1. The molecule has 49 heavy (non-hydrogen) atoms. The lowest BCUT2D eigenvalue weighted by atomic mass is 9.53. The minimum atomic E-state index is -4.75. The van der Waals surface area contributed by atoms with Crippen molar-refractivity contribution in [2.75, 3.05) is 12.5 Å². The second-order valence-corrected chi connectivity index (χ2v) is 12.8. The number of halogens is 5. The number of carbonyl (C=O) groups excluding carboxylic acids is 2. The van der Waals surface area contributed by atoms with Gasteiger partial charge in [-0.1, -0.05) is 47.5 Å². The second kappa shape index (κ2) is 11.3. The summed E-state index contributed by atoms with van der Waals surface area (Å²) >= 11 is 12.5. The third-order valence-corrected chi connectivity index (χ3v) is 10.1. The highest BCUT2D eigenvalue weighted by atomic mass is 35.5. The Hall–Kier alpha value is -5.02. The van der Waals surface area contributed by atoms with Crippen LogP contribution in [0.25, 0.3) is 0 Å². The Morgan fingerprint density at radius 2 is 1.76 bits per heavy atom. The first-order chi connectivity index (χ1) is 23.2. The molecule has 2 aromatic carbocycles. The van der Waals surface area contributed by atoms with Crippen molar-refractivity contribution in [3.8, 4) is 11.5 Å². The van der Waals surface area contributed by atoms with E-state index in [1.54, 1.807) is 36.4 Å². The quantitative estimate of drug-likeness (QED) is 0.229. The average molecular weight is 717 g/mol. The van der Waals surface area contributed by atoms with Crippen LogP contribution in [0.5, 0.6) is 11.5 Å². The molecule has 1 saturated heterocycles. The molecule has 17 heteroatoms. The van der Waals surface area contributed by atoms with Crippen molar-refractivity contribution < 1.29 is 32.6 Å². The molecule has 2 aliphatic heterocycles. The number of amides is 2. The highest BCUT2D eigenvalue weighted by Crippen LogP contribution is 2.63. The van der Waals surface area contributed by atoms with Crippen LogP contribution in [0.15, 0.2) is 76.0 Å². The summed E-state index contributed by atoms with van der Waals surface area (Å²) in [5, 5.41) is 10.9. The SMILES string of the molecule is COc1cc(O)ccc1[C@H]1C2=CCn3c(=O)n(C)c(=O)n3[C@@H]2C[C@H]2C(=O)N(Nc3ncc(C(F)(F)F)cc3Cl)C(=O)[C@@]12c1ccc(Cl)cc1. The topological polar surface area (TPSA) is 141 Å². The van der Waals surface area contributed by atoms with Crippen molar-refractivity contribution in [1.82, 2.24) is 23.9 Å². The minimum absolute atomic E-state index is 0.0335. The molecule has 0 unspecified atom stereocenters. The number of hydrogen-bond acceptors (Lipinski definition) is 8. The third-order valence-electron chi connectivity index (χ3n) is 9.54. The van der Waals surface area contributed by atoms with Crippen molar-refractivity contribution in [2.24, 2.45) is 13.0 Å². The van der Waals surface area contributed by atoms with Gasteiger partial charge in [0.2, 0.25) is 0 Å². The van der Waals surface area contributed by atoms with Gasteiger partial charge in [-0.25, -0.2) is 28.5 Å². The van der Waals surface area contributed by atoms with E-state index in [1.165, 1.54) is 35.7 Å². The number of carbonyl (C=O) groups is 2. The summed E-state index contributed by atoms with van der Waals surface area (Å²) < 4.78 is 49.3. The van der Waals surface area contributed by atoms with E-state index >= 15 is 4.79 Å². The van der Waals surface area contributed by atoms with Gasteiger partial charge in [-0.15, -0.1) is 0 Å². The zero-order chi connectivity index (χ0) is 35.2. The number of alkyl halides is 3. The first-order valence-electron chi connectivity index (χ1n) is 14.8. The molecule has 3 aliphatic rings. The van der Waals surface area contributed by atoms with E-state index in [0.29, 0.717) is 39.0 Å². The van der Waals surface area contributed by atoms with Crippen LogP contribution in [0.4, 0.5) is 19.0 Å². The molecule has 2 aromatic heterocycles. The summed E-state index contributed by atoms with van der Waals surface area (Å²) in [6.07, 6.45) is -2.63. The smallest absolute Gasteiger partial charge is 0.417 e. The Morgan fingerprint density at radius 1 is 1.04 bits per heavy atom. The summed E-state index contributed by atoms with van der Waals surface area (Å²) in [5.41, 5.74) is -0.296. The molecule has 4 aromatic rings. The fourth-order valence-corrected chi connectivity index (χ4v) is 7.77. The highest BCUT2D eigenvalue weighted by molar-refractivity contribution is 6.33. The van der Waals surface area contributed by atoms with E-state index in [9.17, 15) is 32.7 Å². The van der Waals surface area contributed by atoms with E-state index < -0.39 is 63.2 Å². The number of phenols is 1. The number of allylic oxidation sites excluding steroid dienone is 2. The van der Waals surface area contributed by atoms with Gasteiger partial charge in [-0.2, -0.15) is 18.2 Å². The number of nitrogens with one attached hydrogen (secondary N) is 1. The van der Waals surface area contributed by atoms with Crippen LogP contribution in [-0.2, 0) is 34.8 Å². The van der Waals surface area contributed by atoms with Gasteiger partial charge in [0.25, 0.3) is 11.8 Å². The molecule has 2 N–H and O–H groups in total. The molecular formula is C32H25Cl2F3N6O6. The normalized spacial score (nSPS) is 23.1. The van der Waals surface area contributed by atoms with E-state index in [2.05, 4.69) is 10.4 Å². The van der Waals surface area contributed by atoms with Crippen molar-refractivity contribution in [3.05, 3.63) is 114 Å². The molecule has 12 nitrogen and oxygen atoms in total. The number of ether oxygens (including phenoxy) is 1. The number of nitrogens with zero attached hydrogens (tertiary/aromatic N) is 5. The number of fused-ring (bicyclic) bond motifs is 4. The Morgan fingerprint density at radius 3 is 2.41 bits per heavy atom. The Labute approximate surface area is 284 Å². The number of phenolic OH excluding ortho intramolecular Hbond substituents is 1. The lowest BCUT2D eigenvalue weighted by Crippen LogP contribution is -2.53. The van der Waals surface area contributed by atoms with Crippen LogP contribution in [0.3, 0.4) is 0 Å². The lowest BCUT2D eigenvalue weighted by molar-refractivity contribution is -0.139. The average Bonchev–Trinajstić information content (AvgIpc) is 3.42. The predicted molar refractivity (Wildman–Crippen MR) is 169 cm³/mol. The molecule has 0 spiro atoms. The van der Waals surface area contributed by atoms with E-state index in [1.807, 2.05) is 0 Å². The molecule has 7 rings (SSSR count). The molecule has 2 amide bonds. The first kappa shape index (κ1) is 32.5. The van der Waals surface area contributed by atoms with Crippen LogP contribution in [0.1, 0.15) is 35.1 Å². The monoisotopic (exact) mass is 716 g/mol. The molecule has 1 saturated carbocycles. The van der Waals surface area contributed by atoms with Crippen molar-refractivity contribution >= 4 is 40.8 Å². The molecule has 254 valence electrons. The lowest BCUT2D eigenvalue weighted by Gasteiger charge is -2.49. The molecule has 1 aliphatic carbocycles. The maximum Gasteiger partial charge on any atom is 0.417 e. The standard InChI is InChI=1S/C32H25Cl2F3N6O6/c1-40-29(47)41-10-9-19-23(43(41)30(40)48)13-21-27(45)42(39-26-22(34)11-16(14-38-26)32(35,36)37)28(46)31(21,15-3-5-17(33)6-4-15)25(19)20-8-7-18(44)12-24(20)49-2/h3-9,11-12,14,21,23,25,44H,10,13H2,1-2H3,(H,38,39)/t21-,23+,25+,31+/m0/s1. The number of anilines is 1. The van der Waals surface area contributed by atoms with Gasteiger partial charge in [-0.3, -0.25) is 15.0 Å². The van der Waals surface area contributed by atoms with Gasteiger partial charge in [-0.05, 0) is 41.8 Å². The minimum Gasteiger partial charge on any atom is -0.508 e. The summed E-state index contributed by atoms with van der Waals surface area (Å²) in [6, 6.07) is 10.3. The molecule has 4 atom stereocenters. The van der Waals surface area contributed by atoms with Gasteiger partial charge in [0.15, 0.2) is 5.82 Å². The van der Waals surface area contributed by atoms with Crippen LogP contribution in [0.2, 0.25) is 10.0 Å². The van der Waals surface area contributed by atoms with Crippen LogP contribution < -0.4 is 21.5 Å². The van der Waals surface area contributed by atoms with E-state index in [4.69, 9.17) is 27.9 Å². The summed E-state index contributed by atoms with van der Waals surface area (Å²) in [5.74, 6) is -4.24. The van der Waals surface area contributed by atoms with Gasteiger partial charge >= 0.3 is 17.6 Å². The Balaban J connectivity index is 1.49. The van der Waals surface area contributed by atoms with E-state index in [0.717, 1.165) is 4.57 Å². The zero-order valence-corrected chi connectivity index (χ0v) is 27.0. The van der Waals surface area contributed by atoms with Crippen molar-refractivity contribution in [3.63, 3.8) is 0 Å². The van der Waals surface area contributed by atoms with E-state index in [-0.39, 0.29) is 30.3 Å². The molecule has 0 bridgehead atoms. The number of methoxy groups -OCH3 is 1. The van der Waals surface area contributed by atoms with Crippen LogP contribution in [0, 0.1) is 5.92 Å². The van der Waals surface area contributed by atoms with Crippen LogP contribution in [-0.4, -0.2) is 48.0 Å². The number of hydrogen-bond donors (Lipinski definition) is 2. The fraction of sp³-hybridized carbons (Fsp3) is 0.281. The first-order valence-corrected chi connectivity index (χ1v) is 15.5. The Bertz CT molecular complexity index is 2210. The predicted octanol–water partition coefficient (Wildman–Crippen LogP) is 4.40. The summed E-state index contributed by atoms with van der Waals surface area (Å²) in [7, 11) is 2.70. The number of pyridine rings is 1. The number of rotatable bonds is 5. The molecule has 2 fully saturated rings. The maximum absolute atomic E-state index is 15.1. The van der Waals surface area contributed by atoms with Gasteiger partial charge in [0.1, 0.15) is 11.5 Å². The number of aromatic hydroxyl groups is 1. The maximum atomic E-state index is 15.1. The molecular weight excluding hydrogens is 692 g/mol. The number of benzene rings is 2. The largest absolute Gasteiger partial charge is 0.508 e. The molecule has 0 radical (unpaired) electrons. The summed E-state index contributed by atoms with van der Waals surface area (Å²) in [4.78, 5) is 60.0. The highest BCUT2D eigenvalue weighted by Gasteiger charge is 2.69. The van der Waals surface area contributed by atoms with Gasteiger partial charge < -0.3 is 9.84 Å². The van der Waals surface area contributed by atoms with Gasteiger partial charge in [0, 0.05) is 35.8 Å². The van der Waals surface area contributed by atoms with Gasteiger partial charge in [0.05, 0.1) is 41.6 Å². The third kappa shape index (κ3) is 4.70.